The van der Waals surface area contributed by atoms with E-state index in [1.807, 2.05) is 93.7 Å². The van der Waals surface area contributed by atoms with Gasteiger partial charge in [-0.3, -0.25) is 37.6 Å². The van der Waals surface area contributed by atoms with Crippen LogP contribution in [-0.4, -0.2) is 129 Å². The number of aromatic carboxylic acids is 1. The van der Waals surface area contributed by atoms with Crippen molar-refractivity contribution < 1.29 is 33.8 Å². The number of esters is 1. The third-order valence-corrected chi connectivity index (χ3v) is 15.7. The van der Waals surface area contributed by atoms with Crippen LogP contribution in [0.15, 0.2) is 42.5 Å². The maximum absolute atomic E-state index is 12.0. The van der Waals surface area contributed by atoms with E-state index in [1.54, 1.807) is 45.6 Å². The number of halogens is 1. The molecular weight excluding hydrogens is 1170 g/mol. The Labute approximate surface area is 504 Å². The van der Waals surface area contributed by atoms with Gasteiger partial charge >= 0.3 is 18.0 Å². The summed E-state index contributed by atoms with van der Waals surface area (Å²) < 4.78 is 22.9. The van der Waals surface area contributed by atoms with Crippen molar-refractivity contribution in [1.29, 1.82) is 21.0 Å². The zero-order valence-electron chi connectivity index (χ0n) is 48.9. The lowest BCUT2D eigenvalue weighted by molar-refractivity contribution is 0.0219. The van der Waals surface area contributed by atoms with Gasteiger partial charge in [0.1, 0.15) is 35.6 Å². The Hall–Kier alpha value is -9.45. The molecule has 4 N–H and O–H groups in total. The fourth-order valence-corrected chi connectivity index (χ4v) is 11.2. The van der Waals surface area contributed by atoms with Gasteiger partial charge in [-0.15, -0.1) is 0 Å². The summed E-state index contributed by atoms with van der Waals surface area (Å²) >= 11 is 3.51. The number of hydrogen-bond acceptors (Lipinski definition) is 18. The molecule has 14 heterocycles. The van der Waals surface area contributed by atoms with Gasteiger partial charge < -0.3 is 30.5 Å². The third-order valence-electron chi connectivity index (χ3n) is 14.8. The molecule has 7 aromatic rings. The van der Waals surface area contributed by atoms with E-state index >= 15 is 0 Å². The number of nitrogens with zero attached hydrogens (tertiary/aromatic N) is 19. The van der Waals surface area contributed by atoms with Crippen LogP contribution in [-0.2, 0) is 81.0 Å². The van der Waals surface area contributed by atoms with Crippen LogP contribution in [0.25, 0.3) is 0 Å². The van der Waals surface area contributed by atoms with Crippen molar-refractivity contribution in [2.24, 2.45) is 5.73 Å². The number of nitrogens with one attached hydrogen (secondary N) is 1. The number of carbonyl (C=O) groups excluding carboxylic acids is 3. The number of nitriles is 4. The molecule has 0 aliphatic carbocycles. The summed E-state index contributed by atoms with van der Waals surface area (Å²) in [7, 11) is 5.01. The van der Waals surface area contributed by atoms with E-state index in [1.165, 1.54) is 19.2 Å². The van der Waals surface area contributed by atoms with Crippen LogP contribution in [0.2, 0.25) is 0 Å². The summed E-state index contributed by atoms with van der Waals surface area (Å²) in [6, 6.07) is 20.9. The number of carbonyl (C=O) groups is 4. The monoisotopic (exact) mass is 1240 g/mol. The van der Waals surface area contributed by atoms with Gasteiger partial charge in [0.05, 0.1) is 41.1 Å². The molecule has 29 heteroatoms. The second-order valence-corrected chi connectivity index (χ2v) is 22.9. The van der Waals surface area contributed by atoms with E-state index in [9.17, 15) is 19.2 Å². The molecule has 7 aliphatic rings. The molecule has 86 heavy (non-hydrogen) atoms. The van der Waals surface area contributed by atoms with Crippen LogP contribution >= 0.6 is 15.9 Å². The highest BCUT2D eigenvalue weighted by Crippen LogP contribution is 2.34. The number of aryl methyl sites for hydroxylation is 11. The molecule has 14 rings (SSSR count). The maximum atomic E-state index is 12.0. The van der Waals surface area contributed by atoms with Crippen LogP contribution in [0.5, 0.6) is 0 Å². The number of ether oxygens (including phenoxy) is 2. The first-order chi connectivity index (χ1) is 41.2. The minimum absolute atomic E-state index is 0.0792. The van der Waals surface area contributed by atoms with Gasteiger partial charge in [0, 0.05) is 75.6 Å². The molecule has 0 saturated carbocycles. The molecule has 7 aliphatic heterocycles. The zero-order valence-corrected chi connectivity index (χ0v) is 50.4. The largest absolute Gasteiger partial charge is 0.476 e. The van der Waals surface area contributed by atoms with E-state index < -0.39 is 17.5 Å². The average Bonchev–Trinajstić information content (AvgIpc) is 4.51. The van der Waals surface area contributed by atoms with E-state index in [0.29, 0.717) is 45.0 Å². The number of carboxylic acids is 1. The molecule has 7 aromatic heterocycles. The first-order valence-electron chi connectivity index (χ1n) is 28.2. The Morgan fingerprint density at radius 2 is 1.00 bits per heavy atom. The van der Waals surface area contributed by atoms with Crippen LogP contribution in [0.4, 0.5) is 4.79 Å². The summed E-state index contributed by atoms with van der Waals surface area (Å²) in [6.45, 7) is 11.8. The van der Waals surface area contributed by atoms with Gasteiger partial charge in [-0.25, -0.2) is 14.4 Å². The van der Waals surface area contributed by atoms with Crippen LogP contribution < -0.4 is 11.1 Å². The number of nitrogens with two attached hydrogens (primary N) is 1. The maximum Gasteiger partial charge on any atom is 0.410 e. The van der Waals surface area contributed by atoms with Gasteiger partial charge in [0.2, 0.25) is 0 Å². The average molecular weight is 1240 g/mol. The van der Waals surface area contributed by atoms with Gasteiger partial charge in [0.25, 0.3) is 5.91 Å². The first-order valence-corrected chi connectivity index (χ1v) is 29.1. The standard InChI is InChI=1S/C13H18N4O2.C8H10N4.C8H10N2O2.C7H6BrN3.C7H9N3O.C7H7N3.C7H8N2O2/c1-13(2,3)19-12(18)16(4)10-5-6-17-11(10)7-9(8-14)15-17;1-10-7-2-3-12-8(7)4-6(5-9)11-12;1-12-8(11)7-5-6-3-2-4-10(6)9-7;8-6-1-2-11-7(6)3-5(4-9)10-11;8-7(11)6-4-5-2-1-3-10(5)9-6;8-5-6-4-7-2-1-3-10(7)9-6;10-7(11)6-4-5-2-1-3-9(5)8-6/h7,10H,5-6H2,1-4H3;4,7,10H,2-3H2,1H3;5H,2-4H2,1H3;3,6H,1-2H2;4H,1-3H2,(H2,8,11);4H,1-3H2;4H,1-3H2,(H,10,11). The highest BCUT2D eigenvalue weighted by Gasteiger charge is 2.33. The van der Waals surface area contributed by atoms with E-state index in [-0.39, 0.29) is 23.8 Å². The van der Waals surface area contributed by atoms with Crippen molar-refractivity contribution >= 4 is 39.9 Å². The highest BCUT2D eigenvalue weighted by atomic mass is 79.9. The first kappa shape index (κ1) is 62.6. The van der Waals surface area contributed by atoms with Gasteiger partial charge in [-0.05, 0) is 141 Å². The van der Waals surface area contributed by atoms with Gasteiger partial charge in [0.15, 0.2) is 34.2 Å². The Morgan fingerprint density at radius 1 is 0.593 bits per heavy atom. The molecule has 0 bridgehead atoms. The molecule has 0 spiro atoms. The predicted molar refractivity (Wildman–Crippen MR) is 309 cm³/mol. The summed E-state index contributed by atoms with van der Waals surface area (Å²) in [5, 5.41) is 74.7. The van der Waals surface area contributed by atoms with Crippen molar-refractivity contribution in [3.8, 4) is 24.3 Å². The Bertz CT molecular complexity index is 3620. The fraction of sp³-hybridized carbons (Fsp3) is 0.491. The van der Waals surface area contributed by atoms with E-state index in [0.717, 1.165) is 144 Å². The van der Waals surface area contributed by atoms with Crippen LogP contribution in [0.1, 0.15) is 177 Å². The lowest BCUT2D eigenvalue weighted by Gasteiger charge is -2.28. The number of aromatic nitrogens is 14. The predicted octanol–water partition coefficient (Wildman–Crippen LogP) is 5.85. The number of fused-ring (bicyclic) bond motifs is 7. The second kappa shape index (κ2) is 28.0. The summed E-state index contributed by atoms with van der Waals surface area (Å²) in [6.07, 6.45) is 11.2. The van der Waals surface area contributed by atoms with Crippen LogP contribution in [0.3, 0.4) is 0 Å². The molecule has 0 fully saturated rings. The molecule has 2 amide bonds. The van der Waals surface area contributed by atoms with Crippen LogP contribution in [0, 0.1) is 45.3 Å². The van der Waals surface area contributed by atoms with Crippen molar-refractivity contribution in [1.82, 2.24) is 78.7 Å². The number of primary amides is 1. The summed E-state index contributed by atoms with van der Waals surface area (Å²) in [5.41, 5.74) is 15.2. The smallest absolute Gasteiger partial charge is 0.410 e. The highest BCUT2D eigenvalue weighted by molar-refractivity contribution is 9.09. The minimum Gasteiger partial charge on any atom is -0.476 e. The van der Waals surface area contributed by atoms with Gasteiger partial charge in [-0.1, -0.05) is 15.9 Å². The molecule has 450 valence electrons. The van der Waals surface area contributed by atoms with Crippen molar-refractivity contribution in [3.05, 3.63) is 122 Å². The zero-order chi connectivity index (χ0) is 61.8. The topological polar surface area (TPSA) is 368 Å². The van der Waals surface area contributed by atoms with Crippen molar-refractivity contribution in [3.63, 3.8) is 0 Å². The third kappa shape index (κ3) is 15.3. The van der Waals surface area contributed by atoms with E-state index in [4.69, 9.17) is 36.6 Å². The Morgan fingerprint density at radius 3 is 1.47 bits per heavy atom. The Balaban J connectivity index is 0.000000132. The Kier molecular flexibility index (Phi) is 20.3. The number of rotatable bonds is 5. The lowest BCUT2D eigenvalue weighted by Crippen LogP contribution is -2.36. The van der Waals surface area contributed by atoms with Crippen molar-refractivity contribution in [2.75, 3.05) is 21.2 Å². The number of alkyl halides is 1. The molecule has 0 radical (unpaired) electrons. The molecule has 0 aromatic carbocycles. The normalized spacial score (nSPS) is 17.0. The lowest BCUT2D eigenvalue weighted by atomic mass is 10.1. The van der Waals surface area contributed by atoms with Gasteiger partial charge in [-0.2, -0.15) is 56.7 Å². The number of hydrogen-bond donors (Lipinski definition) is 3. The number of carboxylic acid groups (broad SMARTS) is 1. The molecule has 3 unspecified atom stereocenters. The molecule has 28 nitrogen and oxygen atoms in total. The number of methoxy groups -OCH3 is 1. The van der Waals surface area contributed by atoms with Crippen molar-refractivity contribution in [2.45, 2.75) is 160 Å². The second-order valence-electron chi connectivity index (χ2n) is 21.8. The van der Waals surface area contributed by atoms with E-state index in [2.05, 4.69) is 61.7 Å². The SMILES string of the molecule is CN(C(=O)OC(C)(C)C)C1CCn2nc(C#N)cc21.CNC1CCn2nc(C#N)cc21.COC(=O)c1cc2n(n1)CCC2.N#Cc1cc2n(n1)CCC2.N#Cc1cc2n(n1)CCC2Br.NC(=O)c1cc2n(n1)CCC2.O=C(O)c1cc2n(n1)CCC2. The minimum atomic E-state index is -0.938. The molecular formula is C57H68BrN21O7. The quantitative estimate of drug-likeness (QED) is 0.134. The summed E-state index contributed by atoms with van der Waals surface area (Å²) in [5.74, 6) is -1.73. The molecule has 0 saturated heterocycles. The number of amides is 2. The fourth-order valence-electron chi connectivity index (χ4n) is 10.6. The molecule has 3 atom stereocenters. The summed E-state index contributed by atoms with van der Waals surface area (Å²) in [4.78, 5) is 46.1.